The second-order valence-electron chi connectivity index (χ2n) is 6.50. The Morgan fingerprint density at radius 3 is 2.65 bits per heavy atom. The number of fused-ring (bicyclic) bond motifs is 2. The molecule has 3 rings (SSSR count). The Morgan fingerprint density at radius 2 is 2.09 bits per heavy atom. The summed E-state index contributed by atoms with van der Waals surface area (Å²) in [6.07, 6.45) is 4.70. The fourth-order valence-corrected chi connectivity index (χ4v) is 5.05. The van der Waals surface area contributed by atoms with Gasteiger partial charge in [-0.25, -0.2) is 9.78 Å². The second-order valence-corrected chi connectivity index (χ2v) is 7.47. The van der Waals surface area contributed by atoms with Gasteiger partial charge in [0.1, 0.15) is 4.88 Å². The average Bonchev–Trinajstić information content (AvgIpc) is 3.23. The van der Waals surface area contributed by atoms with Gasteiger partial charge in [0.25, 0.3) is 0 Å². The van der Waals surface area contributed by atoms with Crippen molar-refractivity contribution in [2.75, 3.05) is 18.1 Å². The lowest BCUT2D eigenvalue weighted by Crippen LogP contribution is -2.38. The monoisotopic (exact) mass is 336 g/mol. The van der Waals surface area contributed by atoms with E-state index in [1.165, 1.54) is 30.6 Å². The summed E-state index contributed by atoms with van der Waals surface area (Å²) in [6, 6.07) is 0. The molecule has 0 aromatic carbocycles. The Kier molecular flexibility index (Phi) is 4.71. The van der Waals surface area contributed by atoms with Crippen molar-refractivity contribution in [3.8, 4) is 0 Å². The number of esters is 1. The van der Waals surface area contributed by atoms with Crippen molar-refractivity contribution < 1.29 is 14.3 Å². The van der Waals surface area contributed by atoms with Gasteiger partial charge in [0, 0.05) is 12.5 Å². The minimum absolute atomic E-state index is 0.143. The van der Waals surface area contributed by atoms with Crippen molar-refractivity contribution in [1.29, 1.82) is 0 Å². The molecule has 0 N–H and O–H groups in total. The van der Waals surface area contributed by atoms with Crippen LogP contribution in [-0.2, 0) is 9.53 Å². The SMILES string of the molecule is CCOC(=O)c1sc(N(CC)C(=O)C2CC3CCC2C3)nc1C. The summed E-state index contributed by atoms with van der Waals surface area (Å²) in [5.41, 5.74) is 0.641. The van der Waals surface area contributed by atoms with Gasteiger partial charge in [0.05, 0.1) is 12.3 Å². The van der Waals surface area contributed by atoms with E-state index in [1.54, 1.807) is 18.7 Å². The van der Waals surface area contributed by atoms with Gasteiger partial charge in [-0.2, -0.15) is 0 Å². The van der Waals surface area contributed by atoms with Crippen LogP contribution in [0.25, 0.3) is 0 Å². The van der Waals surface area contributed by atoms with Gasteiger partial charge in [-0.05, 0) is 51.9 Å². The van der Waals surface area contributed by atoms with Gasteiger partial charge in [-0.15, -0.1) is 0 Å². The number of anilines is 1. The summed E-state index contributed by atoms with van der Waals surface area (Å²) in [6.45, 7) is 6.47. The van der Waals surface area contributed by atoms with Crippen LogP contribution in [0, 0.1) is 24.7 Å². The van der Waals surface area contributed by atoms with E-state index >= 15 is 0 Å². The Morgan fingerprint density at radius 1 is 1.30 bits per heavy atom. The molecular formula is C17H24N2O3S. The van der Waals surface area contributed by atoms with Crippen molar-refractivity contribution in [3.63, 3.8) is 0 Å². The number of carbonyl (C=O) groups is 2. The molecule has 6 heteroatoms. The lowest BCUT2D eigenvalue weighted by atomic mass is 9.88. The highest BCUT2D eigenvalue weighted by atomic mass is 32.1. The summed E-state index contributed by atoms with van der Waals surface area (Å²) < 4.78 is 5.06. The van der Waals surface area contributed by atoms with Crippen molar-refractivity contribution in [1.82, 2.24) is 4.98 Å². The van der Waals surface area contributed by atoms with Crippen molar-refractivity contribution >= 4 is 28.3 Å². The summed E-state index contributed by atoms with van der Waals surface area (Å²) in [5, 5.41) is 0.626. The smallest absolute Gasteiger partial charge is 0.350 e. The third-order valence-corrected chi connectivity index (χ3v) is 6.28. The predicted octanol–water partition coefficient (Wildman–Crippen LogP) is 3.42. The largest absolute Gasteiger partial charge is 0.462 e. The Labute approximate surface area is 141 Å². The Bertz CT molecular complexity index is 613. The van der Waals surface area contributed by atoms with E-state index in [0.29, 0.717) is 34.8 Å². The highest BCUT2D eigenvalue weighted by molar-refractivity contribution is 7.17. The number of thiazole rings is 1. The van der Waals surface area contributed by atoms with E-state index in [1.807, 2.05) is 6.92 Å². The van der Waals surface area contributed by atoms with Gasteiger partial charge in [0.15, 0.2) is 5.13 Å². The van der Waals surface area contributed by atoms with Gasteiger partial charge in [-0.1, -0.05) is 17.8 Å². The Balaban J connectivity index is 1.79. The standard InChI is InChI=1S/C17H24N2O3S/c1-4-19(15(20)13-9-11-6-7-12(13)8-11)17-18-10(3)14(23-17)16(21)22-5-2/h11-13H,4-9H2,1-3H3. The summed E-state index contributed by atoms with van der Waals surface area (Å²) in [7, 11) is 0. The lowest BCUT2D eigenvalue weighted by molar-refractivity contribution is -0.123. The zero-order valence-electron chi connectivity index (χ0n) is 14.0. The van der Waals surface area contributed by atoms with Gasteiger partial charge < -0.3 is 4.74 Å². The fourth-order valence-electron chi connectivity index (χ4n) is 4.02. The molecule has 2 saturated carbocycles. The first-order chi connectivity index (χ1) is 11.0. The van der Waals surface area contributed by atoms with E-state index < -0.39 is 0 Å². The van der Waals surface area contributed by atoms with Gasteiger partial charge >= 0.3 is 5.97 Å². The maximum atomic E-state index is 13.0. The van der Waals surface area contributed by atoms with Crippen LogP contribution in [0.4, 0.5) is 5.13 Å². The maximum absolute atomic E-state index is 13.0. The minimum atomic E-state index is -0.350. The fraction of sp³-hybridized carbons (Fsp3) is 0.706. The van der Waals surface area contributed by atoms with Crippen LogP contribution in [0.2, 0.25) is 0 Å². The molecule has 2 aliphatic rings. The maximum Gasteiger partial charge on any atom is 0.350 e. The van der Waals surface area contributed by atoms with E-state index in [0.717, 1.165) is 12.3 Å². The topological polar surface area (TPSA) is 59.5 Å². The molecule has 0 saturated heterocycles. The van der Waals surface area contributed by atoms with Crippen LogP contribution >= 0.6 is 11.3 Å². The number of hydrogen-bond donors (Lipinski definition) is 0. The van der Waals surface area contributed by atoms with Crippen molar-refractivity contribution in [2.45, 2.75) is 46.5 Å². The molecule has 1 aromatic rings. The van der Waals surface area contributed by atoms with E-state index in [4.69, 9.17) is 4.74 Å². The molecule has 1 aromatic heterocycles. The number of amides is 1. The third-order valence-electron chi connectivity index (χ3n) is 5.11. The quantitative estimate of drug-likeness (QED) is 0.773. The molecule has 0 aliphatic heterocycles. The molecule has 2 fully saturated rings. The zero-order chi connectivity index (χ0) is 16.6. The molecule has 126 valence electrons. The molecule has 1 amide bonds. The summed E-state index contributed by atoms with van der Waals surface area (Å²) >= 11 is 1.27. The molecule has 3 unspecified atom stereocenters. The highest BCUT2D eigenvalue weighted by Crippen LogP contribution is 2.49. The first-order valence-electron chi connectivity index (χ1n) is 8.51. The van der Waals surface area contributed by atoms with E-state index in [2.05, 4.69) is 4.98 Å². The van der Waals surface area contributed by atoms with E-state index in [-0.39, 0.29) is 17.8 Å². The van der Waals surface area contributed by atoms with Crippen LogP contribution in [0.5, 0.6) is 0 Å². The number of carbonyl (C=O) groups excluding carboxylic acids is 2. The van der Waals surface area contributed by atoms with Crippen LogP contribution < -0.4 is 4.90 Å². The average molecular weight is 336 g/mol. The van der Waals surface area contributed by atoms with Gasteiger partial charge in [0.2, 0.25) is 5.91 Å². The molecule has 0 radical (unpaired) electrons. The first-order valence-corrected chi connectivity index (χ1v) is 9.32. The van der Waals surface area contributed by atoms with Crippen LogP contribution in [0.1, 0.15) is 54.9 Å². The molecule has 5 nitrogen and oxygen atoms in total. The van der Waals surface area contributed by atoms with Crippen LogP contribution in [0.15, 0.2) is 0 Å². The molecule has 3 atom stereocenters. The number of ether oxygens (including phenoxy) is 1. The van der Waals surface area contributed by atoms with E-state index in [9.17, 15) is 9.59 Å². The number of rotatable bonds is 5. The van der Waals surface area contributed by atoms with Gasteiger partial charge in [-0.3, -0.25) is 9.69 Å². The molecule has 23 heavy (non-hydrogen) atoms. The molecule has 0 spiro atoms. The van der Waals surface area contributed by atoms with Crippen LogP contribution in [-0.4, -0.2) is 30.0 Å². The molecule has 2 bridgehead atoms. The van der Waals surface area contributed by atoms with Crippen LogP contribution in [0.3, 0.4) is 0 Å². The normalized spacial score (nSPS) is 25.6. The predicted molar refractivity (Wildman–Crippen MR) is 89.8 cm³/mol. The summed E-state index contributed by atoms with van der Waals surface area (Å²) in [5.74, 6) is 1.26. The molecular weight excluding hydrogens is 312 g/mol. The molecule has 2 aliphatic carbocycles. The lowest BCUT2D eigenvalue weighted by Gasteiger charge is -2.26. The third kappa shape index (κ3) is 3.01. The highest BCUT2D eigenvalue weighted by Gasteiger charge is 2.44. The molecule has 1 heterocycles. The van der Waals surface area contributed by atoms with Crippen molar-refractivity contribution in [3.05, 3.63) is 10.6 Å². The second kappa shape index (κ2) is 6.59. The Hall–Kier alpha value is -1.43. The number of aryl methyl sites for hydroxylation is 1. The van der Waals surface area contributed by atoms with Crippen molar-refractivity contribution in [2.24, 2.45) is 17.8 Å². The minimum Gasteiger partial charge on any atom is -0.462 e. The summed E-state index contributed by atoms with van der Waals surface area (Å²) in [4.78, 5) is 31.6. The first kappa shape index (κ1) is 16.4. The number of aromatic nitrogens is 1. The zero-order valence-corrected chi connectivity index (χ0v) is 14.8. The number of nitrogens with zero attached hydrogens (tertiary/aromatic N) is 2. The number of hydrogen-bond acceptors (Lipinski definition) is 5.